The number of nitrogens with one attached hydrogen (secondary N) is 1. The van der Waals surface area contributed by atoms with Crippen LogP contribution in [-0.2, 0) is 4.79 Å². The highest BCUT2D eigenvalue weighted by atomic mass is 35.5. The van der Waals surface area contributed by atoms with E-state index in [1.54, 1.807) is 42.5 Å². The van der Waals surface area contributed by atoms with Gasteiger partial charge in [0, 0.05) is 10.6 Å². The molecule has 2 aliphatic heterocycles. The van der Waals surface area contributed by atoms with Crippen LogP contribution in [-0.4, -0.2) is 27.9 Å². The highest BCUT2D eigenvalue weighted by Gasteiger charge is 2.33. The largest absolute Gasteiger partial charge is 0.454 e. The predicted molar refractivity (Wildman–Crippen MR) is 106 cm³/mol. The average Bonchev–Trinajstić information content (AvgIpc) is 3.22. The smallest absolute Gasteiger partial charge is 0.285 e. The zero-order valence-electron chi connectivity index (χ0n) is 13.6. The maximum atomic E-state index is 12.6. The number of thioether (sulfide) groups is 1. The number of halogens is 1. The standard InChI is InChI=1S/C18H11ClN2O4S2/c19-12-4-2-11(3-5-12)16(22)20-21-17(23)15(27-18(21)26)8-10-1-6-13-14(7-10)25-9-24-13/h1-8H,9H2,(H,20,22)/b15-8+. The zero-order chi connectivity index (χ0) is 19.0. The van der Waals surface area contributed by atoms with E-state index < -0.39 is 11.8 Å². The Hall–Kier alpha value is -2.55. The molecule has 0 radical (unpaired) electrons. The van der Waals surface area contributed by atoms with Gasteiger partial charge in [0.05, 0.1) is 4.91 Å². The van der Waals surface area contributed by atoms with Gasteiger partial charge in [-0.15, -0.1) is 0 Å². The molecule has 9 heteroatoms. The summed E-state index contributed by atoms with van der Waals surface area (Å²) in [5, 5.41) is 1.58. The molecule has 1 fully saturated rings. The Kier molecular flexibility index (Phi) is 4.77. The summed E-state index contributed by atoms with van der Waals surface area (Å²) < 4.78 is 10.9. The van der Waals surface area contributed by atoms with Crippen molar-refractivity contribution in [3.63, 3.8) is 0 Å². The van der Waals surface area contributed by atoms with E-state index in [-0.39, 0.29) is 11.1 Å². The second-order valence-electron chi connectivity index (χ2n) is 5.58. The first-order valence-electron chi connectivity index (χ1n) is 7.75. The van der Waals surface area contributed by atoms with E-state index in [1.807, 2.05) is 6.07 Å². The van der Waals surface area contributed by atoms with E-state index in [2.05, 4.69) is 5.43 Å². The fraction of sp³-hybridized carbons (Fsp3) is 0.0556. The maximum Gasteiger partial charge on any atom is 0.285 e. The lowest BCUT2D eigenvalue weighted by Gasteiger charge is -2.15. The SMILES string of the molecule is O=C(NN1C(=O)/C(=C\c2ccc3c(c2)OCO3)SC1=S)c1ccc(Cl)cc1. The van der Waals surface area contributed by atoms with Crippen LogP contribution in [0.4, 0.5) is 0 Å². The molecule has 27 heavy (non-hydrogen) atoms. The Morgan fingerprint density at radius 1 is 1.19 bits per heavy atom. The van der Waals surface area contributed by atoms with Crippen LogP contribution in [0.2, 0.25) is 5.02 Å². The van der Waals surface area contributed by atoms with Crippen LogP contribution < -0.4 is 14.9 Å². The van der Waals surface area contributed by atoms with E-state index in [4.69, 9.17) is 33.3 Å². The normalized spacial score (nSPS) is 16.9. The summed E-state index contributed by atoms with van der Waals surface area (Å²) in [6, 6.07) is 11.7. The molecule has 6 nitrogen and oxygen atoms in total. The second kappa shape index (κ2) is 7.22. The van der Waals surface area contributed by atoms with E-state index in [1.165, 1.54) is 0 Å². The third-order valence-electron chi connectivity index (χ3n) is 3.81. The van der Waals surface area contributed by atoms with Crippen molar-refractivity contribution in [3.05, 3.63) is 63.5 Å². The molecule has 0 aromatic heterocycles. The van der Waals surface area contributed by atoms with Crippen LogP contribution in [0.25, 0.3) is 6.08 Å². The maximum absolute atomic E-state index is 12.6. The number of hydrazine groups is 1. The number of rotatable bonds is 3. The lowest BCUT2D eigenvalue weighted by atomic mass is 10.2. The van der Waals surface area contributed by atoms with Crippen molar-refractivity contribution in [2.75, 3.05) is 6.79 Å². The van der Waals surface area contributed by atoms with Gasteiger partial charge in [0.2, 0.25) is 6.79 Å². The Labute approximate surface area is 169 Å². The first-order valence-corrected chi connectivity index (χ1v) is 9.36. The molecule has 2 aromatic carbocycles. The van der Waals surface area contributed by atoms with Gasteiger partial charge in [0.15, 0.2) is 15.8 Å². The number of carbonyl (C=O) groups is 2. The van der Waals surface area contributed by atoms with Crippen LogP contribution in [0.15, 0.2) is 47.4 Å². The molecule has 136 valence electrons. The highest BCUT2D eigenvalue weighted by Crippen LogP contribution is 2.36. The Morgan fingerprint density at radius 2 is 1.93 bits per heavy atom. The number of ether oxygens (including phenoxy) is 2. The van der Waals surface area contributed by atoms with Gasteiger partial charge in [-0.2, -0.15) is 5.01 Å². The van der Waals surface area contributed by atoms with Crippen LogP contribution in [0.5, 0.6) is 11.5 Å². The van der Waals surface area contributed by atoms with Gasteiger partial charge in [-0.1, -0.05) is 29.4 Å². The number of hydrogen-bond acceptors (Lipinski definition) is 6. The van der Waals surface area contributed by atoms with Gasteiger partial charge < -0.3 is 9.47 Å². The molecule has 0 spiro atoms. The third-order valence-corrected chi connectivity index (χ3v) is 5.36. The van der Waals surface area contributed by atoms with Gasteiger partial charge in [-0.25, -0.2) is 0 Å². The number of carbonyl (C=O) groups excluding carboxylic acids is 2. The minimum Gasteiger partial charge on any atom is -0.454 e. The number of nitrogens with zero attached hydrogens (tertiary/aromatic N) is 1. The highest BCUT2D eigenvalue weighted by molar-refractivity contribution is 8.26. The predicted octanol–water partition coefficient (Wildman–Crippen LogP) is 3.61. The number of benzene rings is 2. The molecule has 2 heterocycles. The van der Waals surface area contributed by atoms with Crippen molar-refractivity contribution in [1.29, 1.82) is 0 Å². The molecular formula is C18H11ClN2O4S2. The summed E-state index contributed by atoms with van der Waals surface area (Å²) in [5.74, 6) is 0.433. The fourth-order valence-corrected chi connectivity index (χ4v) is 3.79. The monoisotopic (exact) mass is 418 g/mol. The molecule has 2 amide bonds. The van der Waals surface area contributed by atoms with Gasteiger partial charge in [0.1, 0.15) is 0 Å². The second-order valence-corrected chi connectivity index (χ2v) is 7.69. The molecule has 0 bridgehead atoms. The van der Waals surface area contributed by atoms with Crippen molar-refractivity contribution in [2.24, 2.45) is 0 Å². The molecule has 0 saturated carbocycles. The summed E-state index contributed by atoms with van der Waals surface area (Å²) in [4.78, 5) is 25.4. The molecule has 2 aliphatic rings. The van der Waals surface area contributed by atoms with Crippen molar-refractivity contribution in [1.82, 2.24) is 10.4 Å². The molecule has 4 rings (SSSR count). The van der Waals surface area contributed by atoms with Crippen LogP contribution in [0.3, 0.4) is 0 Å². The molecule has 0 atom stereocenters. The number of thiocarbonyl (C=S) groups is 1. The fourth-order valence-electron chi connectivity index (χ4n) is 2.49. The van der Waals surface area contributed by atoms with E-state index >= 15 is 0 Å². The van der Waals surface area contributed by atoms with Crippen molar-refractivity contribution in [3.8, 4) is 11.5 Å². The zero-order valence-corrected chi connectivity index (χ0v) is 16.0. The van der Waals surface area contributed by atoms with Crippen molar-refractivity contribution >= 4 is 57.8 Å². The quantitative estimate of drug-likeness (QED) is 0.606. The van der Waals surface area contributed by atoms with E-state index in [9.17, 15) is 9.59 Å². The first-order chi connectivity index (χ1) is 13.0. The van der Waals surface area contributed by atoms with Gasteiger partial charge >= 0.3 is 0 Å². The molecule has 2 aromatic rings. The molecular weight excluding hydrogens is 408 g/mol. The summed E-state index contributed by atoms with van der Waals surface area (Å²) in [5.41, 5.74) is 3.66. The number of hydrogen-bond donors (Lipinski definition) is 1. The van der Waals surface area contributed by atoms with E-state index in [0.717, 1.165) is 22.3 Å². The lowest BCUT2D eigenvalue weighted by Crippen LogP contribution is -2.44. The number of fused-ring (bicyclic) bond motifs is 1. The van der Waals surface area contributed by atoms with Gasteiger partial charge in [-0.3, -0.25) is 15.0 Å². The topological polar surface area (TPSA) is 67.9 Å². The van der Waals surface area contributed by atoms with Crippen LogP contribution in [0.1, 0.15) is 15.9 Å². The summed E-state index contributed by atoms with van der Waals surface area (Å²) in [7, 11) is 0. The lowest BCUT2D eigenvalue weighted by molar-refractivity contribution is -0.123. The Morgan fingerprint density at radius 3 is 2.70 bits per heavy atom. The van der Waals surface area contributed by atoms with Crippen LogP contribution >= 0.6 is 35.6 Å². The van der Waals surface area contributed by atoms with Gasteiger partial charge in [-0.05, 0) is 60.3 Å². The summed E-state index contributed by atoms with van der Waals surface area (Å²) in [6.45, 7) is 0.178. The molecule has 1 N–H and O–H groups in total. The average molecular weight is 419 g/mol. The van der Waals surface area contributed by atoms with Crippen molar-refractivity contribution < 1.29 is 19.1 Å². The summed E-state index contributed by atoms with van der Waals surface area (Å²) >= 11 is 12.2. The minimum atomic E-state index is -0.452. The third kappa shape index (κ3) is 3.64. The van der Waals surface area contributed by atoms with E-state index in [0.29, 0.717) is 27.0 Å². The Bertz CT molecular complexity index is 991. The molecule has 0 aliphatic carbocycles. The Balaban J connectivity index is 1.51. The molecule has 0 unspecified atom stereocenters. The minimum absolute atomic E-state index is 0.178. The number of amides is 2. The van der Waals surface area contributed by atoms with Gasteiger partial charge in [0.25, 0.3) is 11.8 Å². The van der Waals surface area contributed by atoms with Crippen LogP contribution in [0, 0.1) is 0 Å². The molecule has 1 saturated heterocycles. The summed E-state index contributed by atoms with van der Waals surface area (Å²) in [6.07, 6.45) is 1.69. The first kappa shape index (κ1) is 17.8. The van der Waals surface area contributed by atoms with Crippen molar-refractivity contribution in [2.45, 2.75) is 0 Å².